The van der Waals surface area contributed by atoms with E-state index in [-0.39, 0.29) is 6.42 Å². The van der Waals surface area contributed by atoms with Gasteiger partial charge in [0.05, 0.1) is 20.6 Å². The van der Waals surface area contributed by atoms with Crippen molar-refractivity contribution in [1.82, 2.24) is 5.32 Å². The minimum atomic E-state index is -0.609. The first kappa shape index (κ1) is 11.9. The summed E-state index contributed by atoms with van der Waals surface area (Å²) < 4.78 is 8.94. The first-order valence-corrected chi connectivity index (χ1v) is 4.03. The average molecular weight is 189 g/mol. The molecule has 0 bridgehead atoms. The zero-order valence-electron chi connectivity index (χ0n) is 8.12. The highest BCUT2D eigenvalue weighted by Crippen LogP contribution is 1.96. The number of esters is 2. The Kier molecular flexibility index (Phi) is 5.88. The number of nitrogens with one attached hydrogen (secondary N) is 1. The third-order valence-electron chi connectivity index (χ3n) is 1.53. The van der Waals surface area contributed by atoms with Gasteiger partial charge in [0.1, 0.15) is 6.04 Å². The Morgan fingerprint density at radius 1 is 1.31 bits per heavy atom. The lowest BCUT2D eigenvalue weighted by Gasteiger charge is -2.13. The summed E-state index contributed by atoms with van der Waals surface area (Å²) in [5, 5.41) is 2.82. The Morgan fingerprint density at radius 2 is 1.92 bits per heavy atom. The molecule has 0 heterocycles. The first-order valence-electron chi connectivity index (χ1n) is 4.03. The van der Waals surface area contributed by atoms with Gasteiger partial charge in [0, 0.05) is 0 Å². The minimum Gasteiger partial charge on any atom is -0.469 e. The van der Waals surface area contributed by atoms with Crippen molar-refractivity contribution in [3.05, 3.63) is 0 Å². The van der Waals surface area contributed by atoms with Gasteiger partial charge >= 0.3 is 11.9 Å². The molecule has 76 valence electrons. The molecule has 0 radical (unpaired) electrons. The third kappa shape index (κ3) is 4.47. The van der Waals surface area contributed by atoms with Crippen LogP contribution in [0, 0.1) is 0 Å². The Hall–Kier alpha value is -1.10. The largest absolute Gasteiger partial charge is 0.469 e. The van der Waals surface area contributed by atoms with Crippen LogP contribution >= 0.6 is 0 Å². The van der Waals surface area contributed by atoms with Crippen molar-refractivity contribution in [2.75, 3.05) is 20.8 Å². The zero-order valence-corrected chi connectivity index (χ0v) is 8.12. The molecule has 0 spiro atoms. The predicted molar refractivity (Wildman–Crippen MR) is 46.1 cm³/mol. The molecule has 0 rings (SSSR count). The summed E-state index contributed by atoms with van der Waals surface area (Å²) in [7, 11) is 2.56. The van der Waals surface area contributed by atoms with Crippen LogP contribution < -0.4 is 5.32 Å². The molecule has 0 unspecified atom stereocenters. The number of rotatable bonds is 5. The quantitative estimate of drug-likeness (QED) is 0.601. The molecule has 0 fully saturated rings. The minimum absolute atomic E-state index is 0.00296. The summed E-state index contributed by atoms with van der Waals surface area (Å²) in [6, 6.07) is -0.609. The van der Waals surface area contributed by atoms with Gasteiger partial charge in [0.2, 0.25) is 0 Å². The number of carbonyl (C=O) groups excluding carboxylic acids is 2. The fourth-order valence-electron chi connectivity index (χ4n) is 0.877. The van der Waals surface area contributed by atoms with Crippen molar-refractivity contribution in [3.8, 4) is 0 Å². The number of hydrogen-bond acceptors (Lipinski definition) is 5. The molecule has 0 aliphatic carbocycles. The first-order chi connectivity index (χ1) is 6.15. The predicted octanol–water partition coefficient (Wildman–Crippen LogP) is -0.299. The SMILES string of the molecule is CCN[C@@H](CC(=O)OC)C(=O)OC. The topological polar surface area (TPSA) is 64.6 Å². The fourth-order valence-corrected chi connectivity index (χ4v) is 0.877. The fraction of sp³-hybridized carbons (Fsp3) is 0.750. The number of hydrogen-bond donors (Lipinski definition) is 1. The lowest BCUT2D eigenvalue weighted by molar-refractivity contribution is -0.149. The van der Waals surface area contributed by atoms with E-state index in [9.17, 15) is 9.59 Å². The number of ether oxygens (including phenoxy) is 2. The maximum atomic E-state index is 11.1. The van der Waals surface area contributed by atoms with E-state index in [1.807, 2.05) is 6.92 Å². The van der Waals surface area contributed by atoms with E-state index in [4.69, 9.17) is 0 Å². The molecule has 0 aliphatic rings. The van der Waals surface area contributed by atoms with Gasteiger partial charge in [-0.1, -0.05) is 6.92 Å². The molecule has 5 nitrogen and oxygen atoms in total. The third-order valence-corrected chi connectivity index (χ3v) is 1.53. The Labute approximate surface area is 77.4 Å². The molecule has 0 amide bonds. The van der Waals surface area contributed by atoms with Crippen molar-refractivity contribution < 1.29 is 19.1 Å². The second kappa shape index (κ2) is 6.42. The van der Waals surface area contributed by atoms with Crippen molar-refractivity contribution >= 4 is 11.9 Å². The van der Waals surface area contributed by atoms with Gasteiger partial charge in [-0.3, -0.25) is 9.59 Å². The van der Waals surface area contributed by atoms with Crippen molar-refractivity contribution in [3.63, 3.8) is 0 Å². The molecule has 0 saturated heterocycles. The molecule has 0 aliphatic heterocycles. The summed E-state index contributed by atoms with van der Waals surface area (Å²) in [6.07, 6.45) is -0.00296. The highest BCUT2D eigenvalue weighted by atomic mass is 16.5. The van der Waals surface area contributed by atoms with Gasteiger partial charge in [-0.2, -0.15) is 0 Å². The van der Waals surface area contributed by atoms with Crippen LogP contribution in [0.3, 0.4) is 0 Å². The molecular weight excluding hydrogens is 174 g/mol. The van der Waals surface area contributed by atoms with Crippen LogP contribution in [-0.2, 0) is 19.1 Å². The van der Waals surface area contributed by atoms with Gasteiger partial charge in [0.25, 0.3) is 0 Å². The second-order valence-corrected chi connectivity index (χ2v) is 2.41. The average Bonchev–Trinajstić information content (AvgIpc) is 2.15. The summed E-state index contributed by atoms with van der Waals surface area (Å²) in [5.74, 6) is -0.886. The van der Waals surface area contributed by atoms with E-state index in [0.717, 1.165) is 0 Å². The van der Waals surface area contributed by atoms with Crippen LogP contribution in [0.25, 0.3) is 0 Å². The van der Waals surface area contributed by atoms with Gasteiger partial charge in [-0.15, -0.1) is 0 Å². The lowest BCUT2D eigenvalue weighted by Crippen LogP contribution is -2.39. The van der Waals surface area contributed by atoms with Crippen LogP contribution in [-0.4, -0.2) is 38.7 Å². The highest BCUT2D eigenvalue weighted by molar-refractivity contribution is 5.82. The molecule has 0 aromatic rings. The van der Waals surface area contributed by atoms with Crippen LogP contribution in [0.1, 0.15) is 13.3 Å². The van der Waals surface area contributed by atoms with Crippen LogP contribution in [0.5, 0.6) is 0 Å². The Balaban J connectivity index is 4.08. The van der Waals surface area contributed by atoms with E-state index >= 15 is 0 Å². The van der Waals surface area contributed by atoms with Crippen LogP contribution in [0.4, 0.5) is 0 Å². The van der Waals surface area contributed by atoms with Gasteiger partial charge in [-0.05, 0) is 6.54 Å². The number of carbonyl (C=O) groups is 2. The number of likely N-dealkylation sites (N-methyl/N-ethyl adjacent to an activating group) is 1. The summed E-state index contributed by atoms with van der Waals surface area (Å²) in [5.41, 5.74) is 0. The molecule has 5 heteroatoms. The molecule has 0 aromatic carbocycles. The van der Waals surface area contributed by atoms with Crippen LogP contribution in [0.15, 0.2) is 0 Å². The smallest absolute Gasteiger partial charge is 0.323 e. The van der Waals surface area contributed by atoms with E-state index in [2.05, 4.69) is 14.8 Å². The Morgan fingerprint density at radius 3 is 2.31 bits per heavy atom. The van der Waals surface area contributed by atoms with Gasteiger partial charge in [0.15, 0.2) is 0 Å². The molecule has 0 aromatic heterocycles. The Bertz CT molecular complexity index is 181. The molecule has 1 N–H and O–H groups in total. The van der Waals surface area contributed by atoms with Crippen molar-refractivity contribution in [2.24, 2.45) is 0 Å². The maximum Gasteiger partial charge on any atom is 0.323 e. The highest BCUT2D eigenvalue weighted by Gasteiger charge is 2.21. The lowest BCUT2D eigenvalue weighted by atomic mass is 10.2. The standard InChI is InChI=1S/C8H15NO4/c1-4-9-6(8(11)13-3)5-7(10)12-2/h6,9H,4-5H2,1-3H3/t6-/m0/s1. The molecular formula is C8H15NO4. The normalized spacial score (nSPS) is 11.9. The maximum absolute atomic E-state index is 11.1. The van der Waals surface area contributed by atoms with E-state index in [0.29, 0.717) is 6.54 Å². The number of methoxy groups -OCH3 is 2. The summed E-state index contributed by atoms with van der Waals surface area (Å²) in [4.78, 5) is 21.9. The second-order valence-electron chi connectivity index (χ2n) is 2.41. The molecule has 1 atom stereocenters. The van der Waals surface area contributed by atoms with E-state index in [1.165, 1.54) is 14.2 Å². The van der Waals surface area contributed by atoms with Crippen molar-refractivity contribution in [1.29, 1.82) is 0 Å². The summed E-state index contributed by atoms with van der Waals surface area (Å²) in [6.45, 7) is 2.43. The zero-order chi connectivity index (χ0) is 10.3. The van der Waals surface area contributed by atoms with Gasteiger partial charge < -0.3 is 14.8 Å². The summed E-state index contributed by atoms with van der Waals surface area (Å²) >= 11 is 0. The molecule has 13 heavy (non-hydrogen) atoms. The molecule has 0 saturated carbocycles. The monoisotopic (exact) mass is 189 g/mol. The van der Waals surface area contributed by atoms with Gasteiger partial charge in [-0.25, -0.2) is 0 Å². The van der Waals surface area contributed by atoms with Crippen molar-refractivity contribution in [2.45, 2.75) is 19.4 Å². The van der Waals surface area contributed by atoms with Crippen LogP contribution in [0.2, 0.25) is 0 Å². The van der Waals surface area contributed by atoms with E-state index < -0.39 is 18.0 Å². The van der Waals surface area contributed by atoms with E-state index in [1.54, 1.807) is 0 Å².